The van der Waals surface area contributed by atoms with Crippen molar-refractivity contribution in [2.45, 2.75) is 0 Å². The van der Waals surface area contributed by atoms with Gasteiger partial charge in [-0.2, -0.15) is 0 Å². The van der Waals surface area contributed by atoms with Crippen LogP contribution in [-0.4, -0.2) is 25.1 Å². The fraction of sp³-hybridized carbons (Fsp3) is 0.100. The van der Waals surface area contributed by atoms with Crippen LogP contribution in [0.5, 0.6) is 5.75 Å². The molecule has 0 amide bonds. The Kier molecular flexibility index (Phi) is 4.67. The van der Waals surface area contributed by atoms with E-state index in [2.05, 4.69) is 25.9 Å². The molecular formula is C20H15BrN4O4. The molecule has 9 heteroatoms. The number of esters is 1. The summed E-state index contributed by atoms with van der Waals surface area (Å²) in [6.07, 6.45) is 0. The summed E-state index contributed by atoms with van der Waals surface area (Å²) in [5.41, 5.74) is 0.726. The van der Waals surface area contributed by atoms with Gasteiger partial charge in [-0.3, -0.25) is 13.9 Å². The molecule has 2 aromatic carbocycles. The Bertz CT molecular complexity index is 1370. The lowest BCUT2D eigenvalue weighted by atomic mass is 10.2. The third-order valence-electron chi connectivity index (χ3n) is 4.53. The molecule has 0 atom stereocenters. The normalized spacial score (nSPS) is 11.0. The highest BCUT2D eigenvalue weighted by atomic mass is 79.9. The first-order valence-corrected chi connectivity index (χ1v) is 9.39. The van der Waals surface area contributed by atoms with Gasteiger partial charge >= 0.3 is 11.7 Å². The Morgan fingerprint density at radius 2 is 1.72 bits per heavy atom. The third-order valence-corrected chi connectivity index (χ3v) is 5.22. The lowest BCUT2D eigenvalue weighted by Crippen LogP contribution is -2.36. The van der Waals surface area contributed by atoms with Gasteiger partial charge < -0.3 is 9.72 Å². The quantitative estimate of drug-likeness (QED) is 0.378. The Morgan fingerprint density at radius 3 is 2.41 bits per heavy atom. The number of hydrogen-bond acceptors (Lipinski definition) is 5. The van der Waals surface area contributed by atoms with Crippen molar-refractivity contribution >= 4 is 33.1 Å². The number of benzene rings is 2. The number of imidazole rings is 1. The van der Waals surface area contributed by atoms with E-state index >= 15 is 0 Å². The van der Waals surface area contributed by atoms with Gasteiger partial charge in [-0.15, -0.1) is 0 Å². The van der Waals surface area contributed by atoms with Crippen LogP contribution in [-0.2, 0) is 14.1 Å². The first-order chi connectivity index (χ1) is 13.9. The van der Waals surface area contributed by atoms with Gasteiger partial charge in [0.25, 0.3) is 5.56 Å². The number of carbonyl (C=O) groups excluding carboxylic acids is 1. The van der Waals surface area contributed by atoms with Crippen LogP contribution in [0.25, 0.3) is 22.6 Å². The molecule has 0 bridgehead atoms. The molecule has 0 radical (unpaired) electrons. The van der Waals surface area contributed by atoms with Crippen LogP contribution in [0, 0.1) is 0 Å². The van der Waals surface area contributed by atoms with Crippen molar-refractivity contribution < 1.29 is 9.53 Å². The van der Waals surface area contributed by atoms with Crippen molar-refractivity contribution in [3.63, 3.8) is 0 Å². The van der Waals surface area contributed by atoms with E-state index in [1.54, 1.807) is 49.5 Å². The first-order valence-electron chi connectivity index (χ1n) is 8.59. The number of halogens is 1. The van der Waals surface area contributed by atoms with Crippen LogP contribution in [0.4, 0.5) is 0 Å². The van der Waals surface area contributed by atoms with E-state index in [4.69, 9.17) is 4.74 Å². The molecule has 1 N–H and O–H groups in total. The average molecular weight is 455 g/mol. The fourth-order valence-electron chi connectivity index (χ4n) is 2.93. The third kappa shape index (κ3) is 3.29. The summed E-state index contributed by atoms with van der Waals surface area (Å²) in [5, 5.41) is 0. The van der Waals surface area contributed by atoms with Crippen molar-refractivity contribution in [2.75, 3.05) is 0 Å². The predicted octanol–water partition coefficient (Wildman–Crippen LogP) is 2.61. The molecule has 0 aliphatic carbocycles. The van der Waals surface area contributed by atoms with Gasteiger partial charge in [-0.25, -0.2) is 14.6 Å². The van der Waals surface area contributed by atoms with Crippen LogP contribution in [0.2, 0.25) is 0 Å². The Morgan fingerprint density at radius 1 is 1.03 bits per heavy atom. The number of hydrogen-bond donors (Lipinski definition) is 1. The zero-order valence-electron chi connectivity index (χ0n) is 15.5. The van der Waals surface area contributed by atoms with Crippen molar-refractivity contribution in [1.29, 1.82) is 0 Å². The Balaban J connectivity index is 1.65. The Hall–Kier alpha value is -3.46. The number of ether oxygens (including phenoxy) is 1. The molecule has 0 saturated heterocycles. The van der Waals surface area contributed by atoms with Gasteiger partial charge in [0.05, 0.1) is 5.56 Å². The molecule has 2 aromatic heterocycles. The van der Waals surface area contributed by atoms with Gasteiger partial charge in [-0.05, 0) is 52.3 Å². The molecule has 0 spiro atoms. The first kappa shape index (κ1) is 18.9. The van der Waals surface area contributed by atoms with Crippen molar-refractivity contribution in [1.82, 2.24) is 19.1 Å². The summed E-state index contributed by atoms with van der Waals surface area (Å²) in [5.74, 6) is 0.323. The molecule has 8 nitrogen and oxygen atoms in total. The molecule has 29 heavy (non-hydrogen) atoms. The topological polar surface area (TPSA) is 99.0 Å². The van der Waals surface area contributed by atoms with Gasteiger partial charge in [0.15, 0.2) is 5.65 Å². The molecule has 0 fully saturated rings. The van der Waals surface area contributed by atoms with Gasteiger partial charge in [-0.1, -0.05) is 12.1 Å². The number of fused-ring (bicyclic) bond motifs is 1. The maximum absolute atomic E-state index is 12.3. The molecule has 4 rings (SSSR count). The van der Waals surface area contributed by atoms with Crippen molar-refractivity contribution in [3.8, 4) is 17.1 Å². The van der Waals surface area contributed by atoms with E-state index < -0.39 is 17.2 Å². The zero-order chi connectivity index (χ0) is 20.7. The van der Waals surface area contributed by atoms with E-state index in [1.807, 2.05) is 6.07 Å². The highest BCUT2D eigenvalue weighted by molar-refractivity contribution is 9.10. The van der Waals surface area contributed by atoms with E-state index in [0.29, 0.717) is 27.2 Å². The minimum atomic E-state index is -0.479. The molecule has 146 valence electrons. The second kappa shape index (κ2) is 7.17. The summed E-state index contributed by atoms with van der Waals surface area (Å²) < 4.78 is 8.38. The zero-order valence-corrected chi connectivity index (χ0v) is 17.1. The number of H-pyrrole nitrogens is 1. The minimum Gasteiger partial charge on any atom is -0.423 e. The molecule has 4 aromatic rings. The van der Waals surface area contributed by atoms with E-state index in [0.717, 1.165) is 4.57 Å². The second-order valence-electron chi connectivity index (χ2n) is 6.38. The second-order valence-corrected chi connectivity index (χ2v) is 7.24. The summed E-state index contributed by atoms with van der Waals surface area (Å²) in [6.45, 7) is 0. The number of aryl methyl sites for hydroxylation is 1. The standard InChI is InChI=1S/C20H15BrN4O4/c1-24-17-15(18(26)25(2)20(24)28)22-16(23-17)11-7-9-12(10-8-11)29-19(27)13-5-3-4-6-14(13)21/h3-10H,1-2H3,(H,22,23). The SMILES string of the molecule is Cn1c(=O)c2[nH]c(-c3ccc(OC(=O)c4ccccc4Br)cc3)nc2n(C)c1=O. The number of nitrogens with zero attached hydrogens (tertiary/aromatic N) is 3. The lowest BCUT2D eigenvalue weighted by molar-refractivity contribution is 0.0734. The molecule has 0 saturated carbocycles. The monoisotopic (exact) mass is 454 g/mol. The van der Waals surface area contributed by atoms with E-state index in [-0.39, 0.29) is 11.2 Å². The maximum Gasteiger partial charge on any atom is 0.344 e. The fourth-order valence-corrected chi connectivity index (χ4v) is 3.38. The van der Waals surface area contributed by atoms with Crippen LogP contribution in [0.15, 0.2) is 62.6 Å². The smallest absolute Gasteiger partial charge is 0.344 e. The summed E-state index contributed by atoms with van der Waals surface area (Å²) >= 11 is 3.33. The minimum absolute atomic E-state index is 0.244. The van der Waals surface area contributed by atoms with E-state index in [9.17, 15) is 14.4 Å². The number of nitrogens with one attached hydrogen (secondary N) is 1. The van der Waals surface area contributed by atoms with Crippen LogP contribution >= 0.6 is 15.9 Å². The van der Waals surface area contributed by atoms with Crippen LogP contribution < -0.4 is 16.0 Å². The number of carbonyl (C=O) groups is 1. The Labute approximate surface area is 172 Å². The van der Waals surface area contributed by atoms with E-state index in [1.165, 1.54) is 11.6 Å². The largest absolute Gasteiger partial charge is 0.423 e. The number of aromatic nitrogens is 4. The molecular weight excluding hydrogens is 440 g/mol. The maximum atomic E-state index is 12.3. The highest BCUT2D eigenvalue weighted by Gasteiger charge is 2.15. The average Bonchev–Trinajstić information content (AvgIpc) is 3.17. The van der Waals surface area contributed by atoms with Crippen LogP contribution in [0.3, 0.4) is 0 Å². The highest BCUT2D eigenvalue weighted by Crippen LogP contribution is 2.23. The van der Waals surface area contributed by atoms with Gasteiger partial charge in [0.2, 0.25) is 0 Å². The summed E-state index contributed by atoms with van der Waals surface area (Å²) in [6, 6.07) is 13.7. The van der Waals surface area contributed by atoms with Crippen molar-refractivity contribution in [2.24, 2.45) is 14.1 Å². The summed E-state index contributed by atoms with van der Waals surface area (Å²) in [4.78, 5) is 44.0. The van der Waals surface area contributed by atoms with Gasteiger partial charge in [0.1, 0.15) is 17.1 Å². The lowest BCUT2D eigenvalue weighted by Gasteiger charge is -2.06. The number of rotatable bonds is 3. The van der Waals surface area contributed by atoms with Crippen LogP contribution in [0.1, 0.15) is 10.4 Å². The molecule has 2 heterocycles. The van der Waals surface area contributed by atoms with Crippen molar-refractivity contribution in [3.05, 3.63) is 79.4 Å². The molecule has 0 aliphatic rings. The summed E-state index contributed by atoms with van der Waals surface area (Å²) in [7, 11) is 2.97. The molecule has 0 aliphatic heterocycles. The number of aromatic amines is 1. The predicted molar refractivity (Wildman–Crippen MR) is 111 cm³/mol. The van der Waals surface area contributed by atoms with Gasteiger partial charge in [0, 0.05) is 24.1 Å². The molecule has 0 unspecified atom stereocenters.